The molecule has 1 saturated heterocycles. The van der Waals surface area contributed by atoms with Crippen molar-refractivity contribution < 1.29 is 9.47 Å². The first-order valence-corrected chi connectivity index (χ1v) is 9.54. The third-order valence-electron chi connectivity index (χ3n) is 5.25. The highest BCUT2D eigenvalue weighted by molar-refractivity contribution is 6.07. The van der Waals surface area contributed by atoms with Crippen LogP contribution in [0, 0.1) is 5.41 Å². The zero-order chi connectivity index (χ0) is 19.5. The summed E-state index contributed by atoms with van der Waals surface area (Å²) < 4.78 is 10.7. The van der Waals surface area contributed by atoms with Crippen molar-refractivity contribution in [3.63, 3.8) is 0 Å². The fourth-order valence-electron chi connectivity index (χ4n) is 3.68. The van der Waals surface area contributed by atoms with Crippen molar-refractivity contribution in [2.45, 2.75) is 13.0 Å². The highest BCUT2D eigenvalue weighted by atomic mass is 16.7. The summed E-state index contributed by atoms with van der Waals surface area (Å²) in [5, 5.41) is 8.44. The average molecular weight is 375 g/mol. The summed E-state index contributed by atoms with van der Waals surface area (Å²) in [6.07, 6.45) is 3.72. The van der Waals surface area contributed by atoms with Gasteiger partial charge in [-0.15, -0.1) is 0 Å². The molecular formula is C23H25N3O2. The first kappa shape index (κ1) is 18.2. The van der Waals surface area contributed by atoms with E-state index >= 15 is 0 Å². The molecule has 5 nitrogen and oxygen atoms in total. The number of hydrogen-bond donors (Lipinski definition) is 1. The van der Waals surface area contributed by atoms with Gasteiger partial charge in [-0.25, -0.2) is 0 Å². The molecule has 0 amide bonds. The summed E-state index contributed by atoms with van der Waals surface area (Å²) >= 11 is 0. The van der Waals surface area contributed by atoms with Crippen LogP contribution in [0.5, 0.6) is 11.5 Å². The number of allylic oxidation sites excluding steroid dienone is 1. The van der Waals surface area contributed by atoms with Crippen LogP contribution in [0.25, 0.3) is 6.08 Å². The Morgan fingerprint density at radius 2 is 1.89 bits per heavy atom. The van der Waals surface area contributed by atoms with E-state index in [1.807, 2.05) is 30.3 Å². The van der Waals surface area contributed by atoms with Crippen LogP contribution in [0.15, 0.2) is 66.9 Å². The third-order valence-corrected chi connectivity index (χ3v) is 5.25. The van der Waals surface area contributed by atoms with Crippen LogP contribution in [0.1, 0.15) is 12.5 Å². The van der Waals surface area contributed by atoms with Crippen LogP contribution in [-0.4, -0.2) is 43.1 Å². The van der Waals surface area contributed by atoms with Gasteiger partial charge in [-0.05, 0) is 42.8 Å². The first-order valence-electron chi connectivity index (χ1n) is 9.54. The number of nitrogens with zero attached hydrogens (tertiary/aromatic N) is 2. The molecule has 0 aliphatic carbocycles. The fourth-order valence-corrected chi connectivity index (χ4v) is 3.68. The lowest BCUT2D eigenvalue weighted by molar-refractivity contribution is 0.174. The molecule has 2 aliphatic heterocycles. The number of para-hydroxylation sites is 1. The maximum absolute atomic E-state index is 8.44. The molecule has 5 heteroatoms. The number of anilines is 1. The number of fused-ring (bicyclic) bond motifs is 1. The van der Waals surface area contributed by atoms with Gasteiger partial charge in [-0.2, -0.15) is 0 Å². The number of nitrogens with one attached hydrogen (secondary N) is 1. The van der Waals surface area contributed by atoms with Crippen molar-refractivity contribution in [2.75, 3.05) is 31.3 Å². The van der Waals surface area contributed by atoms with E-state index in [9.17, 15) is 0 Å². The smallest absolute Gasteiger partial charge is 0.231 e. The Hall–Kier alpha value is -3.21. The molecule has 0 saturated carbocycles. The van der Waals surface area contributed by atoms with Crippen LogP contribution in [0.4, 0.5) is 5.69 Å². The number of rotatable bonds is 5. The topological polar surface area (TPSA) is 48.8 Å². The second-order valence-electron chi connectivity index (χ2n) is 7.13. The quantitative estimate of drug-likeness (QED) is 0.797. The van der Waals surface area contributed by atoms with E-state index < -0.39 is 0 Å². The van der Waals surface area contributed by atoms with E-state index in [-0.39, 0.29) is 6.79 Å². The van der Waals surface area contributed by atoms with E-state index in [1.165, 1.54) is 5.69 Å². The second-order valence-corrected chi connectivity index (χ2v) is 7.13. The average Bonchev–Trinajstić information content (AvgIpc) is 3.20. The molecule has 0 radical (unpaired) electrons. The SMILES string of the molecule is C=C(C(=N)C=Cc1ccc2c(c1)OCO2)N1CCN(c2ccccc2)CC1C. The lowest BCUT2D eigenvalue weighted by atomic mass is 10.1. The van der Waals surface area contributed by atoms with Gasteiger partial charge in [0.1, 0.15) is 0 Å². The number of hydrogen-bond acceptors (Lipinski definition) is 5. The highest BCUT2D eigenvalue weighted by Crippen LogP contribution is 2.32. The van der Waals surface area contributed by atoms with Crippen LogP contribution in [0.2, 0.25) is 0 Å². The molecule has 28 heavy (non-hydrogen) atoms. The first-order chi connectivity index (χ1) is 13.6. The molecule has 144 valence electrons. The largest absolute Gasteiger partial charge is 0.454 e. The van der Waals surface area contributed by atoms with Crippen molar-refractivity contribution in [3.05, 3.63) is 72.4 Å². The van der Waals surface area contributed by atoms with E-state index in [2.05, 4.69) is 47.6 Å². The van der Waals surface area contributed by atoms with Crippen LogP contribution in [-0.2, 0) is 0 Å². The van der Waals surface area contributed by atoms with E-state index in [4.69, 9.17) is 14.9 Å². The molecule has 0 bridgehead atoms. The van der Waals surface area contributed by atoms with Crippen LogP contribution in [0.3, 0.4) is 0 Å². The molecule has 1 fully saturated rings. The van der Waals surface area contributed by atoms with E-state index in [1.54, 1.807) is 6.08 Å². The van der Waals surface area contributed by atoms with Gasteiger partial charge in [-0.1, -0.05) is 36.9 Å². The summed E-state index contributed by atoms with van der Waals surface area (Å²) in [6, 6.07) is 16.5. The molecule has 4 rings (SSSR count). The molecular weight excluding hydrogens is 350 g/mol. The normalized spacial score (nSPS) is 18.5. The molecule has 0 spiro atoms. The van der Waals surface area contributed by atoms with Gasteiger partial charge in [0.05, 0.1) is 11.4 Å². The van der Waals surface area contributed by atoms with Crippen molar-refractivity contribution in [2.24, 2.45) is 0 Å². The van der Waals surface area contributed by atoms with Gasteiger partial charge in [-0.3, -0.25) is 5.41 Å². The predicted molar refractivity (Wildman–Crippen MR) is 113 cm³/mol. The molecule has 1 atom stereocenters. The highest BCUT2D eigenvalue weighted by Gasteiger charge is 2.25. The summed E-state index contributed by atoms with van der Waals surface area (Å²) in [6.45, 7) is 9.34. The van der Waals surface area contributed by atoms with Crippen LogP contribution < -0.4 is 14.4 Å². The standard InChI is InChI=1S/C23H25N3O2/c1-17-15-25(20-6-4-3-5-7-20)12-13-26(17)18(2)21(24)10-8-19-9-11-22-23(14-19)28-16-27-22/h3-11,14,17,24H,2,12-13,15-16H2,1H3. The Balaban J connectivity index is 1.38. The van der Waals surface area contributed by atoms with Gasteiger partial charge in [0, 0.05) is 31.4 Å². The summed E-state index contributed by atoms with van der Waals surface area (Å²) in [5.74, 6) is 1.51. The maximum Gasteiger partial charge on any atom is 0.231 e. The van der Waals surface area contributed by atoms with Gasteiger partial charge >= 0.3 is 0 Å². The van der Waals surface area contributed by atoms with Crippen molar-refractivity contribution >= 4 is 17.5 Å². The molecule has 1 unspecified atom stereocenters. The van der Waals surface area contributed by atoms with Crippen LogP contribution >= 0.6 is 0 Å². The zero-order valence-corrected chi connectivity index (χ0v) is 16.1. The Labute approximate surface area is 166 Å². The fraction of sp³-hybridized carbons (Fsp3) is 0.261. The number of ether oxygens (including phenoxy) is 2. The molecule has 0 aromatic heterocycles. The Morgan fingerprint density at radius 3 is 2.68 bits per heavy atom. The third kappa shape index (κ3) is 3.74. The Morgan fingerprint density at radius 1 is 1.11 bits per heavy atom. The van der Waals surface area contributed by atoms with Crippen molar-refractivity contribution in [1.29, 1.82) is 5.41 Å². The summed E-state index contributed by atoms with van der Waals surface area (Å²) in [4.78, 5) is 4.62. The molecule has 2 aliphatic rings. The summed E-state index contributed by atoms with van der Waals surface area (Å²) in [7, 11) is 0. The number of benzene rings is 2. The Bertz CT molecular complexity index is 907. The predicted octanol–water partition coefficient (Wildman–Crippen LogP) is 4.17. The van der Waals surface area contributed by atoms with Gasteiger partial charge in [0.25, 0.3) is 0 Å². The lowest BCUT2D eigenvalue weighted by Gasteiger charge is -2.43. The monoisotopic (exact) mass is 375 g/mol. The van der Waals surface area contributed by atoms with Gasteiger partial charge in [0.15, 0.2) is 11.5 Å². The zero-order valence-electron chi connectivity index (χ0n) is 16.1. The molecule has 2 aromatic rings. The van der Waals surface area contributed by atoms with Gasteiger partial charge in [0.2, 0.25) is 6.79 Å². The minimum Gasteiger partial charge on any atom is -0.454 e. The maximum atomic E-state index is 8.44. The molecule has 1 N–H and O–H groups in total. The van der Waals surface area contributed by atoms with Crippen molar-refractivity contribution in [1.82, 2.24) is 4.90 Å². The van der Waals surface area contributed by atoms with E-state index in [0.29, 0.717) is 11.8 Å². The lowest BCUT2D eigenvalue weighted by Crippen LogP contribution is -2.52. The molecule has 2 aromatic carbocycles. The van der Waals surface area contributed by atoms with E-state index in [0.717, 1.165) is 42.4 Å². The molecule has 2 heterocycles. The minimum atomic E-state index is 0.266. The summed E-state index contributed by atoms with van der Waals surface area (Å²) in [5.41, 5.74) is 3.41. The second kappa shape index (κ2) is 7.80. The van der Waals surface area contributed by atoms with Crippen molar-refractivity contribution in [3.8, 4) is 11.5 Å². The minimum absolute atomic E-state index is 0.266. The number of piperazine rings is 1. The Kier molecular flexibility index (Phi) is 5.06. The van der Waals surface area contributed by atoms with Gasteiger partial charge < -0.3 is 19.3 Å².